The van der Waals surface area contributed by atoms with Gasteiger partial charge in [-0.05, 0) is 19.3 Å². The molecule has 1 atom stereocenters. The van der Waals surface area contributed by atoms with E-state index in [1.54, 1.807) is 0 Å². The van der Waals surface area contributed by atoms with Crippen LogP contribution >= 0.6 is 0 Å². The molecule has 13 nitrogen and oxygen atoms in total. The van der Waals surface area contributed by atoms with E-state index < -0.39 is 30.0 Å². The van der Waals surface area contributed by atoms with Gasteiger partial charge in [0.2, 0.25) is 11.9 Å². The van der Waals surface area contributed by atoms with Gasteiger partial charge in [0.1, 0.15) is 12.6 Å². The third kappa shape index (κ3) is 15.2. The summed E-state index contributed by atoms with van der Waals surface area (Å²) in [4.78, 5) is 47.4. The Labute approximate surface area is 193 Å². The number of ether oxygens (including phenoxy) is 6. The fourth-order valence-corrected chi connectivity index (χ4v) is 2.52. The highest BCUT2D eigenvalue weighted by Crippen LogP contribution is 2.06. The standard InChI is InChI=1S/C20H37N3O10/c1-28-18(25)15(23-17(19(26)29-2)20(27)30-3)6-4-5-8-22-16(24)14-33-13-12-32-11-10-31-9-7-21/h15,17,23H,4-14,21H2,1-3H3,(H,22,24). The van der Waals surface area contributed by atoms with Gasteiger partial charge in [-0.15, -0.1) is 0 Å². The highest BCUT2D eigenvalue weighted by atomic mass is 16.6. The van der Waals surface area contributed by atoms with Crippen molar-refractivity contribution in [2.45, 2.75) is 31.3 Å². The highest BCUT2D eigenvalue weighted by molar-refractivity contribution is 5.99. The molecule has 13 heteroatoms. The predicted molar refractivity (Wildman–Crippen MR) is 115 cm³/mol. The molecule has 0 saturated carbocycles. The molecule has 0 aromatic rings. The third-order valence-corrected chi connectivity index (χ3v) is 4.21. The molecule has 0 aromatic heterocycles. The molecule has 0 radical (unpaired) electrons. The number of esters is 3. The van der Waals surface area contributed by atoms with Crippen molar-refractivity contribution in [2.75, 3.05) is 74.1 Å². The van der Waals surface area contributed by atoms with Gasteiger partial charge in [-0.25, -0.2) is 9.59 Å². The first kappa shape index (κ1) is 30.7. The van der Waals surface area contributed by atoms with E-state index in [4.69, 9.17) is 24.7 Å². The largest absolute Gasteiger partial charge is 0.468 e. The minimum atomic E-state index is -1.46. The van der Waals surface area contributed by atoms with Crippen LogP contribution in [0, 0.1) is 0 Å². The van der Waals surface area contributed by atoms with Gasteiger partial charge in [0.15, 0.2) is 0 Å². The monoisotopic (exact) mass is 479 g/mol. The molecule has 33 heavy (non-hydrogen) atoms. The van der Waals surface area contributed by atoms with Crippen LogP contribution in [0.1, 0.15) is 19.3 Å². The van der Waals surface area contributed by atoms with E-state index in [2.05, 4.69) is 20.1 Å². The predicted octanol–water partition coefficient (Wildman–Crippen LogP) is -1.87. The number of amides is 1. The Bertz CT molecular complexity index is 560. The number of rotatable bonds is 20. The van der Waals surface area contributed by atoms with E-state index in [0.29, 0.717) is 52.4 Å². The summed E-state index contributed by atoms with van der Waals surface area (Å²) in [6.07, 6.45) is 1.31. The van der Waals surface area contributed by atoms with Gasteiger partial charge in [0, 0.05) is 13.1 Å². The molecule has 1 unspecified atom stereocenters. The number of nitrogens with two attached hydrogens (primary N) is 1. The van der Waals surface area contributed by atoms with Gasteiger partial charge in [0.25, 0.3) is 0 Å². The number of unbranched alkanes of at least 4 members (excludes halogenated alkanes) is 1. The first-order valence-corrected chi connectivity index (χ1v) is 10.6. The molecule has 192 valence electrons. The molecule has 0 aliphatic heterocycles. The number of carbonyl (C=O) groups excluding carboxylic acids is 4. The van der Waals surface area contributed by atoms with E-state index in [1.165, 1.54) is 7.11 Å². The Morgan fingerprint density at radius 3 is 1.85 bits per heavy atom. The summed E-state index contributed by atoms with van der Waals surface area (Å²) >= 11 is 0. The first-order chi connectivity index (χ1) is 15.9. The molecule has 1 amide bonds. The van der Waals surface area contributed by atoms with E-state index >= 15 is 0 Å². The highest BCUT2D eigenvalue weighted by Gasteiger charge is 2.33. The molecule has 0 heterocycles. The second kappa shape index (κ2) is 20.3. The molecule has 0 aromatic carbocycles. The van der Waals surface area contributed by atoms with Crippen molar-refractivity contribution in [3.8, 4) is 0 Å². The lowest BCUT2D eigenvalue weighted by Gasteiger charge is -2.21. The second-order valence-electron chi connectivity index (χ2n) is 6.63. The fourth-order valence-electron chi connectivity index (χ4n) is 2.52. The lowest BCUT2D eigenvalue weighted by Crippen LogP contribution is -2.52. The van der Waals surface area contributed by atoms with Gasteiger partial charge < -0.3 is 39.5 Å². The van der Waals surface area contributed by atoms with E-state index in [0.717, 1.165) is 14.2 Å². The van der Waals surface area contributed by atoms with Crippen LogP contribution in [0.3, 0.4) is 0 Å². The molecule has 0 saturated heterocycles. The van der Waals surface area contributed by atoms with Crippen LogP contribution < -0.4 is 16.4 Å². The average Bonchev–Trinajstić information content (AvgIpc) is 2.83. The van der Waals surface area contributed by atoms with Crippen molar-refractivity contribution in [2.24, 2.45) is 5.73 Å². The van der Waals surface area contributed by atoms with Crippen molar-refractivity contribution < 1.29 is 47.6 Å². The molecule has 0 fully saturated rings. The lowest BCUT2D eigenvalue weighted by molar-refractivity contribution is -0.156. The van der Waals surface area contributed by atoms with E-state index in [1.807, 2.05) is 0 Å². The van der Waals surface area contributed by atoms with Crippen LogP contribution in [0.25, 0.3) is 0 Å². The maximum absolute atomic E-state index is 12.0. The SMILES string of the molecule is COC(=O)C(CCCCNC(=O)COCCOCCOCCN)NC(C(=O)OC)C(=O)OC. The topological polar surface area (TPSA) is 174 Å². The molecule has 0 spiro atoms. The van der Waals surface area contributed by atoms with Gasteiger partial charge in [0.05, 0.1) is 54.4 Å². The summed E-state index contributed by atoms with van der Waals surface area (Å²) < 4.78 is 29.5. The number of hydrogen-bond acceptors (Lipinski definition) is 12. The summed E-state index contributed by atoms with van der Waals surface area (Å²) in [7, 11) is 3.43. The fraction of sp³-hybridized carbons (Fsp3) is 0.800. The van der Waals surface area contributed by atoms with E-state index in [-0.39, 0.29) is 25.5 Å². The van der Waals surface area contributed by atoms with Crippen molar-refractivity contribution in [1.29, 1.82) is 0 Å². The van der Waals surface area contributed by atoms with Crippen LogP contribution in [0.4, 0.5) is 0 Å². The van der Waals surface area contributed by atoms with Gasteiger partial charge in [-0.3, -0.25) is 14.9 Å². The average molecular weight is 480 g/mol. The van der Waals surface area contributed by atoms with Gasteiger partial charge >= 0.3 is 17.9 Å². The number of nitrogens with one attached hydrogen (secondary N) is 2. The van der Waals surface area contributed by atoms with Gasteiger partial charge in [-0.2, -0.15) is 0 Å². The number of hydrogen-bond donors (Lipinski definition) is 3. The Kier molecular flexibility index (Phi) is 18.9. The zero-order valence-corrected chi connectivity index (χ0v) is 19.6. The van der Waals surface area contributed by atoms with Gasteiger partial charge in [-0.1, -0.05) is 0 Å². The van der Waals surface area contributed by atoms with E-state index in [9.17, 15) is 19.2 Å². The summed E-state index contributed by atoms with van der Waals surface area (Å²) in [6, 6.07) is -2.39. The molecular weight excluding hydrogens is 442 g/mol. The molecule has 0 aliphatic carbocycles. The zero-order chi connectivity index (χ0) is 24.9. The van der Waals surface area contributed by atoms with Crippen LogP contribution in [0.15, 0.2) is 0 Å². The molecular formula is C20H37N3O10. The first-order valence-electron chi connectivity index (χ1n) is 10.6. The lowest BCUT2D eigenvalue weighted by atomic mass is 10.1. The van der Waals surface area contributed by atoms with Crippen molar-refractivity contribution in [3.05, 3.63) is 0 Å². The van der Waals surface area contributed by atoms with Crippen molar-refractivity contribution >= 4 is 23.8 Å². The Hall–Kier alpha value is -2.32. The minimum absolute atomic E-state index is 0.0979. The Balaban J connectivity index is 4.10. The second-order valence-corrected chi connectivity index (χ2v) is 6.63. The normalized spacial score (nSPS) is 11.7. The Morgan fingerprint density at radius 2 is 1.30 bits per heavy atom. The maximum Gasteiger partial charge on any atom is 0.334 e. The summed E-state index contributed by atoms with van der Waals surface area (Å²) in [6.45, 7) is 2.72. The van der Waals surface area contributed by atoms with Crippen LogP contribution in [0.2, 0.25) is 0 Å². The van der Waals surface area contributed by atoms with Crippen molar-refractivity contribution in [3.63, 3.8) is 0 Å². The summed E-state index contributed by atoms with van der Waals surface area (Å²) in [5.74, 6) is -2.68. The number of carbonyl (C=O) groups is 4. The van der Waals surface area contributed by atoms with Crippen LogP contribution in [-0.4, -0.2) is 110 Å². The van der Waals surface area contributed by atoms with Crippen molar-refractivity contribution in [1.82, 2.24) is 10.6 Å². The third-order valence-electron chi connectivity index (χ3n) is 4.21. The summed E-state index contributed by atoms with van der Waals surface area (Å²) in [5.41, 5.74) is 5.29. The Morgan fingerprint density at radius 1 is 0.758 bits per heavy atom. The molecule has 0 rings (SSSR count). The summed E-state index contributed by atoms with van der Waals surface area (Å²) in [5, 5.41) is 5.31. The number of methoxy groups -OCH3 is 3. The van der Waals surface area contributed by atoms with Crippen LogP contribution in [-0.2, 0) is 47.6 Å². The zero-order valence-electron chi connectivity index (χ0n) is 19.6. The maximum atomic E-state index is 12.0. The quantitative estimate of drug-likeness (QED) is 0.0769. The smallest absolute Gasteiger partial charge is 0.334 e. The molecule has 0 bridgehead atoms. The van der Waals surface area contributed by atoms with Crippen LogP contribution in [0.5, 0.6) is 0 Å². The molecule has 0 aliphatic rings. The molecule has 4 N–H and O–H groups in total. The minimum Gasteiger partial charge on any atom is -0.468 e.